The van der Waals surface area contributed by atoms with Crippen LogP contribution in [0.5, 0.6) is 0 Å². The number of hydrogen-bond acceptors (Lipinski definition) is 2. The van der Waals surface area contributed by atoms with Crippen molar-refractivity contribution < 1.29 is 22.8 Å². The highest BCUT2D eigenvalue weighted by atomic mass is 19.4. The van der Waals surface area contributed by atoms with Gasteiger partial charge in [0.25, 0.3) is 5.91 Å². The predicted molar refractivity (Wildman–Crippen MR) is 92.6 cm³/mol. The number of piperidine rings is 1. The van der Waals surface area contributed by atoms with Crippen molar-refractivity contribution >= 4 is 11.8 Å². The van der Waals surface area contributed by atoms with Gasteiger partial charge >= 0.3 is 6.18 Å². The summed E-state index contributed by atoms with van der Waals surface area (Å²) < 4.78 is 37.7. The second-order valence-corrected chi connectivity index (χ2v) is 7.94. The van der Waals surface area contributed by atoms with Crippen LogP contribution < -0.4 is 5.32 Å². The molecule has 0 unspecified atom stereocenters. The Labute approximate surface area is 151 Å². The third-order valence-corrected chi connectivity index (χ3v) is 4.34. The number of nitrogens with zero attached hydrogens (tertiary/aromatic N) is 1. The van der Waals surface area contributed by atoms with Crippen molar-refractivity contribution in [3.05, 3.63) is 35.4 Å². The zero-order valence-corrected chi connectivity index (χ0v) is 15.3. The first-order valence-electron chi connectivity index (χ1n) is 8.71. The van der Waals surface area contributed by atoms with Gasteiger partial charge in [0.2, 0.25) is 5.91 Å². The monoisotopic (exact) mass is 370 g/mol. The van der Waals surface area contributed by atoms with E-state index in [4.69, 9.17) is 0 Å². The normalized spacial score (nSPS) is 16.5. The quantitative estimate of drug-likeness (QED) is 0.878. The summed E-state index contributed by atoms with van der Waals surface area (Å²) in [6.45, 7) is 7.20. The maximum Gasteiger partial charge on any atom is 0.416 e. The molecule has 1 aromatic carbocycles. The lowest BCUT2D eigenvalue weighted by Crippen LogP contribution is -2.47. The van der Waals surface area contributed by atoms with E-state index in [-0.39, 0.29) is 22.9 Å². The highest BCUT2D eigenvalue weighted by Gasteiger charge is 2.30. The number of benzene rings is 1. The lowest BCUT2D eigenvalue weighted by atomic mass is 9.91. The Morgan fingerprint density at radius 2 is 1.62 bits per heavy atom. The summed E-state index contributed by atoms with van der Waals surface area (Å²) in [5.41, 5.74) is -0.644. The van der Waals surface area contributed by atoms with Gasteiger partial charge in [0.15, 0.2) is 0 Å². The summed E-state index contributed by atoms with van der Waals surface area (Å²) >= 11 is 0. The van der Waals surface area contributed by atoms with Gasteiger partial charge in [-0.25, -0.2) is 0 Å². The molecular formula is C19H25F3N2O2. The van der Waals surface area contributed by atoms with Gasteiger partial charge in [0, 0.05) is 31.1 Å². The van der Waals surface area contributed by atoms with E-state index in [9.17, 15) is 22.8 Å². The van der Waals surface area contributed by atoms with Crippen LogP contribution in [-0.4, -0.2) is 35.8 Å². The molecule has 144 valence electrons. The largest absolute Gasteiger partial charge is 0.416 e. The van der Waals surface area contributed by atoms with Crippen LogP contribution in [0.2, 0.25) is 0 Å². The molecule has 1 heterocycles. The molecule has 0 saturated carbocycles. The Bertz CT molecular complexity index is 640. The van der Waals surface area contributed by atoms with Gasteiger partial charge in [-0.05, 0) is 42.5 Å². The van der Waals surface area contributed by atoms with Crippen molar-refractivity contribution in [2.45, 2.75) is 52.3 Å². The topological polar surface area (TPSA) is 49.4 Å². The summed E-state index contributed by atoms with van der Waals surface area (Å²) in [4.78, 5) is 26.2. The Morgan fingerprint density at radius 3 is 2.08 bits per heavy atom. The van der Waals surface area contributed by atoms with E-state index in [0.29, 0.717) is 32.4 Å². The molecule has 0 atom stereocenters. The summed E-state index contributed by atoms with van der Waals surface area (Å²) in [5, 5.41) is 2.84. The molecular weight excluding hydrogens is 345 g/mol. The molecule has 0 aromatic heterocycles. The average Bonchev–Trinajstić information content (AvgIpc) is 2.53. The van der Waals surface area contributed by atoms with Gasteiger partial charge in [-0.3, -0.25) is 9.59 Å². The van der Waals surface area contributed by atoms with Crippen molar-refractivity contribution in [2.24, 2.45) is 5.41 Å². The van der Waals surface area contributed by atoms with Gasteiger partial charge in [0.1, 0.15) is 0 Å². The number of carbonyl (C=O) groups excluding carboxylic acids is 2. The van der Waals surface area contributed by atoms with Gasteiger partial charge in [-0.15, -0.1) is 0 Å². The molecule has 26 heavy (non-hydrogen) atoms. The van der Waals surface area contributed by atoms with Crippen LogP contribution in [0.15, 0.2) is 24.3 Å². The summed E-state index contributed by atoms with van der Waals surface area (Å²) in [7, 11) is 0. The summed E-state index contributed by atoms with van der Waals surface area (Å²) in [5.74, 6) is -0.275. The fourth-order valence-electron chi connectivity index (χ4n) is 2.92. The van der Waals surface area contributed by atoms with Gasteiger partial charge in [0.05, 0.1) is 5.56 Å². The van der Waals surface area contributed by atoms with E-state index < -0.39 is 17.6 Å². The van der Waals surface area contributed by atoms with Gasteiger partial charge in [-0.2, -0.15) is 13.2 Å². The SMILES string of the molecule is CC(C)(C)CC(=O)N1CCC(NC(=O)c2ccc(C(F)(F)F)cc2)CC1. The second kappa shape index (κ2) is 7.68. The molecule has 0 aliphatic carbocycles. The molecule has 0 bridgehead atoms. The molecule has 1 saturated heterocycles. The molecule has 7 heteroatoms. The fraction of sp³-hybridized carbons (Fsp3) is 0.579. The standard InChI is InChI=1S/C19H25F3N2O2/c1-18(2,3)12-16(25)24-10-8-15(9-11-24)23-17(26)13-4-6-14(7-5-13)19(20,21)22/h4-7,15H,8-12H2,1-3H3,(H,23,26). The zero-order chi connectivity index (χ0) is 19.5. The highest BCUT2D eigenvalue weighted by Crippen LogP contribution is 2.29. The number of carbonyl (C=O) groups is 2. The van der Waals surface area contributed by atoms with E-state index in [1.54, 1.807) is 0 Å². The molecule has 2 rings (SSSR count). The van der Waals surface area contributed by atoms with Gasteiger partial charge in [-0.1, -0.05) is 20.8 Å². The van der Waals surface area contributed by atoms with Crippen LogP contribution in [0, 0.1) is 5.41 Å². The van der Waals surface area contributed by atoms with Crippen molar-refractivity contribution in [3.8, 4) is 0 Å². The minimum Gasteiger partial charge on any atom is -0.349 e. The van der Waals surface area contributed by atoms with Gasteiger partial charge < -0.3 is 10.2 Å². The molecule has 0 radical (unpaired) electrons. The van der Waals surface area contributed by atoms with E-state index in [0.717, 1.165) is 12.1 Å². The number of hydrogen-bond donors (Lipinski definition) is 1. The minimum absolute atomic E-state index is 0.0648. The number of halogens is 3. The predicted octanol–water partition coefficient (Wildman–Crippen LogP) is 3.86. The van der Waals surface area contributed by atoms with Crippen LogP contribution in [0.3, 0.4) is 0 Å². The van der Waals surface area contributed by atoms with Crippen LogP contribution in [-0.2, 0) is 11.0 Å². The first-order chi connectivity index (χ1) is 12.0. The smallest absolute Gasteiger partial charge is 0.349 e. The summed E-state index contributed by atoms with van der Waals surface area (Å²) in [6, 6.07) is 4.09. The lowest BCUT2D eigenvalue weighted by Gasteiger charge is -2.34. The Kier molecular flexibility index (Phi) is 5.98. The fourth-order valence-corrected chi connectivity index (χ4v) is 2.92. The summed E-state index contributed by atoms with van der Waals surface area (Å²) in [6.07, 6.45) is -2.65. The van der Waals surface area contributed by atoms with Crippen LogP contribution in [0.1, 0.15) is 56.0 Å². The molecule has 1 aromatic rings. The lowest BCUT2D eigenvalue weighted by molar-refractivity contribution is -0.137. The maximum atomic E-state index is 12.6. The third kappa shape index (κ3) is 5.75. The van der Waals surface area contributed by atoms with Crippen molar-refractivity contribution in [2.75, 3.05) is 13.1 Å². The number of nitrogens with one attached hydrogen (secondary N) is 1. The molecule has 1 N–H and O–H groups in total. The zero-order valence-electron chi connectivity index (χ0n) is 15.3. The average molecular weight is 370 g/mol. The van der Waals surface area contributed by atoms with Crippen molar-refractivity contribution in [3.63, 3.8) is 0 Å². The maximum absolute atomic E-state index is 12.6. The highest BCUT2D eigenvalue weighted by molar-refractivity contribution is 5.94. The number of likely N-dealkylation sites (tertiary alicyclic amines) is 1. The van der Waals surface area contributed by atoms with Crippen LogP contribution in [0.25, 0.3) is 0 Å². The van der Waals surface area contributed by atoms with E-state index in [1.807, 2.05) is 25.7 Å². The Balaban J connectivity index is 1.85. The van der Waals surface area contributed by atoms with Crippen LogP contribution >= 0.6 is 0 Å². The molecule has 2 amide bonds. The van der Waals surface area contributed by atoms with Crippen molar-refractivity contribution in [1.82, 2.24) is 10.2 Å². The Hall–Kier alpha value is -2.05. The number of amides is 2. The molecule has 1 fully saturated rings. The van der Waals surface area contributed by atoms with Crippen molar-refractivity contribution in [1.29, 1.82) is 0 Å². The molecule has 1 aliphatic rings. The molecule has 0 spiro atoms. The van der Waals surface area contributed by atoms with Crippen LogP contribution in [0.4, 0.5) is 13.2 Å². The number of rotatable bonds is 3. The third-order valence-electron chi connectivity index (χ3n) is 4.34. The first kappa shape index (κ1) is 20.3. The number of alkyl halides is 3. The van der Waals surface area contributed by atoms with E-state index >= 15 is 0 Å². The first-order valence-corrected chi connectivity index (χ1v) is 8.71. The second-order valence-electron chi connectivity index (χ2n) is 7.94. The van der Waals surface area contributed by atoms with E-state index in [1.165, 1.54) is 12.1 Å². The molecule has 4 nitrogen and oxygen atoms in total. The molecule has 1 aliphatic heterocycles. The van der Waals surface area contributed by atoms with E-state index in [2.05, 4.69) is 5.32 Å². The Morgan fingerprint density at radius 1 is 1.08 bits per heavy atom. The minimum atomic E-state index is -4.42.